The Labute approximate surface area is 206 Å². The standard InChI is InChI=1S/C25H27IN4O3/c1-17-13-21(9-11-29-16-20(10-12-31)27-28-29)33-25(17)22-14-19(26)7-8-23(22)30(24(25)32)15-18-5-3-2-4-6-18/h2-8,14,16-17,21,31H,9-13,15H2,1H3/t17-,21+,25+/m1/s1. The number of anilines is 1. The molecule has 1 N–H and O–H groups in total. The number of aryl methyl sites for hydroxylation is 1. The van der Waals surface area contributed by atoms with E-state index < -0.39 is 5.60 Å². The van der Waals surface area contributed by atoms with Crippen LogP contribution < -0.4 is 4.90 Å². The average Bonchev–Trinajstić information content (AvgIpc) is 3.46. The summed E-state index contributed by atoms with van der Waals surface area (Å²) >= 11 is 2.30. The fraction of sp³-hybridized carbons (Fsp3) is 0.400. The number of ether oxygens (including phenoxy) is 1. The van der Waals surface area contributed by atoms with Gasteiger partial charge >= 0.3 is 0 Å². The van der Waals surface area contributed by atoms with Crippen LogP contribution in [0.3, 0.4) is 0 Å². The molecule has 1 spiro atoms. The summed E-state index contributed by atoms with van der Waals surface area (Å²) in [6, 6.07) is 16.3. The lowest BCUT2D eigenvalue weighted by Crippen LogP contribution is -2.43. The van der Waals surface area contributed by atoms with E-state index in [0.29, 0.717) is 19.5 Å². The van der Waals surface area contributed by atoms with Crippen molar-refractivity contribution in [3.05, 3.63) is 75.1 Å². The average molecular weight is 558 g/mol. The molecule has 1 saturated heterocycles. The lowest BCUT2D eigenvalue weighted by Gasteiger charge is -2.28. The second-order valence-electron chi connectivity index (χ2n) is 8.89. The van der Waals surface area contributed by atoms with Gasteiger partial charge in [0.15, 0.2) is 5.60 Å². The molecule has 3 heterocycles. The molecule has 7 nitrogen and oxygen atoms in total. The third-order valence-electron chi connectivity index (χ3n) is 6.69. The summed E-state index contributed by atoms with van der Waals surface area (Å²) in [5, 5.41) is 17.3. The summed E-state index contributed by atoms with van der Waals surface area (Å²) in [5.74, 6) is 0.0951. The molecule has 2 aliphatic heterocycles. The summed E-state index contributed by atoms with van der Waals surface area (Å²) in [6.45, 7) is 3.38. The van der Waals surface area contributed by atoms with Crippen molar-refractivity contribution in [3.63, 3.8) is 0 Å². The highest BCUT2D eigenvalue weighted by Crippen LogP contribution is 2.54. The number of hydrogen-bond acceptors (Lipinski definition) is 5. The van der Waals surface area contributed by atoms with Crippen molar-refractivity contribution in [2.75, 3.05) is 11.5 Å². The molecule has 33 heavy (non-hydrogen) atoms. The molecule has 0 aliphatic carbocycles. The van der Waals surface area contributed by atoms with Gasteiger partial charge < -0.3 is 14.7 Å². The maximum atomic E-state index is 14.0. The van der Waals surface area contributed by atoms with Gasteiger partial charge in [-0.15, -0.1) is 5.10 Å². The van der Waals surface area contributed by atoms with E-state index >= 15 is 0 Å². The number of hydrogen-bond donors (Lipinski definition) is 1. The van der Waals surface area contributed by atoms with Crippen LogP contribution in [0.25, 0.3) is 0 Å². The van der Waals surface area contributed by atoms with Gasteiger partial charge in [-0.3, -0.25) is 9.48 Å². The normalized spacial score (nSPS) is 24.1. The van der Waals surface area contributed by atoms with Gasteiger partial charge in [0.1, 0.15) is 0 Å². The summed E-state index contributed by atoms with van der Waals surface area (Å²) in [5.41, 5.74) is 2.86. The first-order valence-corrected chi connectivity index (χ1v) is 12.4. The first-order valence-electron chi connectivity index (χ1n) is 11.3. The van der Waals surface area contributed by atoms with Crippen LogP contribution in [0.15, 0.2) is 54.7 Å². The van der Waals surface area contributed by atoms with Crippen LogP contribution in [-0.2, 0) is 34.6 Å². The number of aromatic nitrogens is 3. The van der Waals surface area contributed by atoms with Crippen molar-refractivity contribution >= 4 is 34.2 Å². The highest BCUT2D eigenvalue weighted by atomic mass is 127. The molecule has 0 saturated carbocycles. The van der Waals surface area contributed by atoms with Gasteiger partial charge in [0, 0.05) is 40.8 Å². The Balaban J connectivity index is 1.39. The number of fused-ring (bicyclic) bond motifs is 2. The fourth-order valence-corrected chi connectivity index (χ4v) is 5.59. The van der Waals surface area contributed by atoms with Crippen molar-refractivity contribution in [3.8, 4) is 0 Å². The molecular formula is C25H27IN4O3. The number of rotatable bonds is 7. The molecule has 1 amide bonds. The number of halogens is 1. The molecule has 0 unspecified atom stereocenters. The van der Waals surface area contributed by atoms with E-state index in [1.54, 1.807) is 4.68 Å². The molecule has 8 heteroatoms. The van der Waals surface area contributed by atoms with Gasteiger partial charge in [-0.1, -0.05) is 42.5 Å². The summed E-state index contributed by atoms with van der Waals surface area (Å²) in [6.07, 6.45) is 3.88. The van der Waals surface area contributed by atoms with Crippen molar-refractivity contribution in [2.45, 2.75) is 51.0 Å². The Morgan fingerprint density at radius 2 is 2.06 bits per heavy atom. The lowest BCUT2D eigenvalue weighted by molar-refractivity contribution is -0.146. The maximum Gasteiger partial charge on any atom is 0.264 e. The van der Waals surface area contributed by atoms with E-state index in [-0.39, 0.29) is 24.5 Å². The maximum absolute atomic E-state index is 14.0. The number of nitrogens with zero attached hydrogens (tertiary/aromatic N) is 4. The van der Waals surface area contributed by atoms with Crippen LogP contribution in [0.4, 0.5) is 5.69 Å². The Morgan fingerprint density at radius 3 is 2.85 bits per heavy atom. The zero-order valence-electron chi connectivity index (χ0n) is 18.5. The largest absolute Gasteiger partial charge is 0.396 e. The van der Waals surface area contributed by atoms with Crippen LogP contribution >= 0.6 is 22.6 Å². The number of aliphatic hydroxyl groups excluding tert-OH is 1. The zero-order chi connectivity index (χ0) is 23.0. The number of carbonyl (C=O) groups excluding carboxylic acids is 1. The van der Waals surface area contributed by atoms with E-state index in [9.17, 15) is 4.79 Å². The SMILES string of the molecule is C[C@@H]1C[C@H](CCn2cc(CCO)nn2)O[C@@]12C(=O)N(Cc1ccccc1)c1ccc(I)cc12. The molecule has 1 fully saturated rings. The van der Waals surface area contributed by atoms with E-state index in [0.717, 1.165) is 38.9 Å². The Morgan fingerprint density at radius 1 is 1.24 bits per heavy atom. The number of amides is 1. The van der Waals surface area contributed by atoms with Gasteiger partial charge in [0.25, 0.3) is 5.91 Å². The first kappa shape index (κ1) is 22.5. The summed E-state index contributed by atoms with van der Waals surface area (Å²) < 4.78 is 9.55. The van der Waals surface area contributed by atoms with Crippen LogP contribution in [-0.4, -0.2) is 38.7 Å². The number of carbonyl (C=O) groups is 1. The Kier molecular flexibility index (Phi) is 6.24. The zero-order valence-corrected chi connectivity index (χ0v) is 20.7. The van der Waals surface area contributed by atoms with Crippen LogP contribution in [0, 0.1) is 9.49 Å². The molecule has 5 rings (SSSR count). The monoisotopic (exact) mass is 558 g/mol. The second-order valence-corrected chi connectivity index (χ2v) is 10.1. The first-order chi connectivity index (χ1) is 16.0. The van der Waals surface area contributed by atoms with Gasteiger partial charge in [-0.2, -0.15) is 0 Å². The Hall–Kier alpha value is -2.30. The third-order valence-corrected chi connectivity index (χ3v) is 7.36. The van der Waals surface area contributed by atoms with E-state index in [4.69, 9.17) is 9.84 Å². The van der Waals surface area contributed by atoms with Crippen molar-refractivity contribution in [1.29, 1.82) is 0 Å². The minimum atomic E-state index is -0.944. The van der Waals surface area contributed by atoms with Crippen LogP contribution in [0.5, 0.6) is 0 Å². The minimum Gasteiger partial charge on any atom is -0.396 e. The Bertz CT molecular complexity index is 1150. The van der Waals surface area contributed by atoms with E-state index in [1.165, 1.54) is 0 Å². The molecule has 0 radical (unpaired) electrons. The number of benzene rings is 2. The molecule has 3 atom stereocenters. The molecule has 172 valence electrons. The molecular weight excluding hydrogens is 531 g/mol. The quantitative estimate of drug-likeness (QED) is 0.448. The molecule has 0 bridgehead atoms. The van der Waals surface area contributed by atoms with Gasteiger partial charge in [0.2, 0.25) is 0 Å². The predicted octanol–water partition coefficient (Wildman–Crippen LogP) is 3.67. The van der Waals surface area contributed by atoms with E-state index in [1.807, 2.05) is 35.4 Å². The minimum absolute atomic E-state index is 0.0318. The predicted molar refractivity (Wildman–Crippen MR) is 133 cm³/mol. The smallest absolute Gasteiger partial charge is 0.264 e. The molecule has 1 aromatic heterocycles. The molecule has 3 aromatic rings. The van der Waals surface area contributed by atoms with Crippen molar-refractivity contribution < 1.29 is 14.6 Å². The van der Waals surface area contributed by atoms with Gasteiger partial charge in [-0.25, -0.2) is 0 Å². The summed E-state index contributed by atoms with van der Waals surface area (Å²) in [4.78, 5) is 15.8. The van der Waals surface area contributed by atoms with Crippen molar-refractivity contribution in [2.24, 2.45) is 5.92 Å². The topological polar surface area (TPSA) is 80.5 Å². The summed E-state index contributed by atoms with van der Waals surface area (Å²) in [7, 11) is 0. The van der Waals surface area contributed by atoms with Crippen LogP contribution in [0.2, 0.25) is 0 Å². The second kappa shape index (κ2) is 9.15. The van der Waals surface area contributed by atoms with Gasteiger partial charge in [-0.05, 0) is 59.2 Å². The number of aliphatic hydroxyl groups is 1. The van der Waals surface area contributed by atoms with Crippen molar-refractivity contribution in [1.82, 2.24) is 15.0 Å². The lowest BCUT2D eigenvalue weighted by atomic mass is 9.83. The van der Waals surface area contributed by atoms with E-state index in [2.05, 4.69) is 64.1 Å². The van der Waals surface area contributed by atoms with Crippen LogP contribution in [0.1, 0.15) is 36.6 Å². The highest BCUT2D eigenvalue weighted by molar-refractivity contribution is 14.1. The molecule has 2 aliphatic rings. The van der Waals surface area contributed by atoms with Gasteiger partial charge in [0.05, 0.1) is 24.0 Å². The highest BCUT2D eigenvalue weighted by Gasteiger charge is 2.60. The third kappa shape index (κ3) is 4.08. The molecule has 2 aromatic carbocycles. The fourth-order valence-electron chi connectivity index (χ4n) is 5.10.